The summed E-state index contributed by atoms with van der Waals surface area (Å²) in [6.45, 7) is 6.54. The fourth-order valence-electron chi connectivity index (χ4n) is 2.83. The number of aryl methyl sites for hydroxylation is 2. The Bertz CT molecular complexity index is 1070. The molecule has 0 radical (unpaired) electrons. The SMILES string of the molecule is CCOc1nc2ccc(C)cc2cc1-c1noc(-c2ccc(C)cc2)n1. The predicted octanol–water partition coefficient (Wildman–Crippen LogP) is 4.97. The van der Waals surface area contributed by atoms with Gasteiger partial charge in [-0.3, -0.25) is 0 Å². The summed E-state index contributed by atoms with van der Waals surface area (Å²) in [5, 5.41) is 5.17. The Morgan fingerprint density at radius 2 is 1.69 bits per heavy atom. The Kier molecular flexibility index (Phi) is 4.13. The van der Waals surface area contributed by atoms with Crippen LogP contribution in [-0.2, 0) is 0 Å². The fraction of sp³-hybridized carbons (Fsp3) is 0.190. The average molecular weight is 345 g/mol. The lowest BCUT2D eigenvalue weighted by molar-refractivity contribution is 0.329. The standard InChI is InChI=1S/C21H19N3O2/c1-4-25-21-17(12-16-11-14(3)7-10-18(16)22-21)19-23-20(26-24-19)15-8-5-13(2)6-9-15/h5-12H,4H2,1-3H3. The van der Waals surface area contributed by atoms with Crippen LogP contribution in [0.25, 0.3) is 33.7 Å². The van der Waals surface area contributed by atoms with Crippen LogP contribution in [0.15, 0.2) is 53.1 Å². The Morgan fingerprint density at radius 3 is 2.46 bits per heavy atom. The van der Waals surface area contributed by atoms with Crippen LogP contribution in [0.1, 0.15) is 18.1 Å². The van der Waals surface area contributed by atoms with Gasteiger partial charge in [-0.25, -0.2) is 4.98 Å². The topological polar surface area (TPSA) is 61.0 Å². The molecule has 5 nitrogen and oxygen atoms in total. The van der Waals surface area contributed by atoms with Crippen molar-refractivity contribution in [2.75, 3.05) is 6.61 Å². The van der Waals surface area contributed by atoms with Crippen molar-refractivity contribution in [3.8, 4) is 28.7 Å². The monoisotopic (exact) mass is 345 g/mol. The first-order chi connectivity index (χ1) is 12.6. The first-order valence-electron chi connectivity index (χ1n) is 8.59. The highest BCUT2D eigenvalue weighted by atomic mass is 16.5. The maximum atomic E-state index is 5.73. The number of ether oxygens (including phenoxy) is 1. The van der Waals surface area contributed by atoms with E-state index in [1.807, 2.05) is 56.3 Å². The smallest absolute Gasteiger partial charge is 0.258 e. The van der Waals surface area contributed by atoms with E-state index in [-0.39, 0.29) is 0 Å². The molecule has 2 aromatic heterocycles. The molecular weight excluding hydrogens is 326 g/mol. The lowest BCUT2D eigenvalue weighted by Crippen LogP contribution is -1.98. The van der Waals surface area contributed by atoms with Gasteiger partial charge in [0.05, 0.1) is 17.7 Å². The van der Waals surface area contributed by atoms with Crippen LogP contribution in [0, 0.1) is 13.8 Å². The lowest BCUT2D eigenvalue weighted by atomic mass is 10.1. The zero-order chi connectivity index (χ0) is 18.1. The second-order valence-electron chi connectivity index (χ2n) is 6.26. The van der Waals surface area contributed by atoms with Crippen molar-refractivity contribution in [2.45, 2.75) is 20.8 Å². The minimum atomic E-state index is 0.472. The van der Waals surface area contributed by atoms with Crippen molar-refractivity contribution in [3.05, 3.63) is 59.7 Å². The highest BCUT2D eigenvalue weighted by Gasteiger charge is 2.17. The van der Waals surface area contributed by atoms with Crippen molar-refractivity contribution in [3.63, 3.8) is 0 Å². The number of rotatable bonds is 4. The Morgan fingerprint density at radius 1 is 0.923 bits per heavy atom. The van der Waals surface area contributed by atoms with Gasteiger partial charge in [-0.2, -0.15) is 4.98 Å². The molecule has 0 saturated heterocycles. The maximum Gasteiger partial charge on any atom is 0.258 e. The average Bonchev–Trinajstić information content (AvgIpc) is 3.12. The molecule has 2 heterocycles. The van der Waals surface area contributed by atoms with Gasteiger partial charge < -0.3 is 9.26 Å². The van der Waals surface area contributed by atoms with E-state index in [0.717, 1.165) is 22.0 Å². The quantitative estimate of drug-likeness (QED) is 0.523. The zero-order valence-corrected chi connectivity index (χ0v) is 15.0. The van der Waals surface area contributed by atoms with E-state index in [9.17, 15) is 0 Å². The molecule has 0 spiro atoms. The van der Waals surface area contributed by atoms with Crippen molar-refractivity contribution in [1.29, 1.82) is 0 Å². The molecule has 0 aliphatic heterocycles. The molecule has 2 aromatic carbocycles. The zero-order valence-electron chi connectivity index (χ0n) is 15.0. The van der Waals surface area contributed by atoms with Crippen LogP contribution >= 0.6 is 0 Å². The number of pyridine rings is 1. The highest BCUT2D eigenvalue weighted by Crippen LogP contribution is 2.32. The van der Waals surface area contributed by atoms with Gasteiger partial charge in [0.25, 0.3) is 5.89 Å². The summed E-state index contributed by atoms with van der Waals surface area (Å²) in [6.07, 6.45) is 0. The Balaban J connectivity index is 1.82. The van der Waals surface area contributed by atoms with E-state index in [4.69, 9.17) is 9.26 Å². The van der Waals surface area contributed by atoms with Gasteiger partial charge in [0.15, 0.2) is 0 Å². The van der Waals surface area contributed by atoms with Crippen LogP contribution in [0.2, 0.25) is 0 Å². The van der Waals surface area contributed by atoms with Crippen molar-refractivity contribution in [1.82, 2.24) is 15.1 Å². The minimum Gasteiger partial charge on any atom is -0.477 e. The number of benzene rings is 2. The molecule has 5 heteroatoms. The van der Waals surface area contributed by atoms with Gasteiger partial charge in [0.1, 0.15) is 0 Å². The van der Waals surface area contributed by atoms with Crippen LogP contribution in [0.3, 0.4) is 0 Å². The molecule has 4 aromatic rings. The summed E-state index contributed by atoms with van der Waals surface area (Å²) in [6, 6.07) is 16.1. The van der Waals surface area contributed by atoms with Crippen molar-refractivity contribution >= 4 is 10.9 Å². The Labute approximate surface area is 151 Å². The lowest BCUT2D eigenvalue weighted by Gasteiger charge is -2.08. The fourth-order valence-corrected chi connectivity index (χ4v) is 2.83. The summed E-state index contributed by atoms with van der Waals surface area (Å²) in [5.74, 6) is 1.46. The number of aromatic nitrogens is 3. The molecule has 130 valence electrons. The number of hydrogen-bond donors (Lipinski definition) is 0. The maximum absolute atomic E-state index is 5.73. The number of hydrogen-bond acceptors (Lipinski definition) is 5. The van der Waals surface area contributed by atoms with E-state index in [2.05, 4.69) is 28.1 Å². The molecule has 0 bridgehead atoms. The van der Waals surface area contributed by atoms with Crippen molar-refractivity contribution in [2.24, 2.45) is 0 Å². The summed E-state index contributed by atoms with van der Waals surface area (Å²) in [7, 11) is 0. The number of fused-ring (bicyclic) bond motifs is 1. The first-order valence-corrected chi connectivity index (χ1v) is 8.59. The van der Waals surface area contributed by atoms with Gasteiger partial charge in [0.2, 0.25) is 11.7 Å². The third kappa shape index (κ3) is 3.04. The normalized spacial score (nSPS) is 11.0. The predicted molar refractivity (Wildman–Crippen MR) is 101 cm³/mol. The molecule has 0 fully saturated rings. The first kappa shape index (κ1) is 16.3. The molecule has 0 aliphatic carbocycles. The molecule has 0 aliphatic rings. The summed E-state index contributed by atoms with van der Waals surface area (Å²) in [4.78, 5) is 9.19. The van der Waals surface area contributed by atoms with Gasteiger partial charge in [-0.1, -0.05) is 34.5 Å². The molecule has 4 rings (SSSR count). The second kappa shape index (κ2) is 6.59. The largest absolute Gasteiger partial charge is 0.477 e. The van der Waals surface area contributed by atoms with Gasteiger partial charge in [0, 0.05) is 10.9 Å². The molecule has 0 unspecified atom stereocenters. The minimum absolute atomic E-state index is 0.472. The third-order valence-electron chi connectivity index (χ3n) is 4.18. The van der Waals surface area contributed by atoms with E-state index in [1.54, 1.807) is 0 Å². The van der Waals surface area contributed by atoms with E-state index in [0.29, 0.717) is 24.2 Å². The van der Waals surface area contributed by atoms with Gasteiger partial charge in [-0.05, 0) is 51.1 Å². The van der Waals surface area contributed by atoms with E-state index >= 15 is 0 Å². The number of nitrogens with zero attached hydrogens (tertiary/aromatic N) is 3. The molecule has 0 saturated carbocycles. The van der Waals surface area contributed by atoms with Crippen molar-refractivity contribution < 1.29 is 9.26 Å². The van der Waals surface area contributed by atoms with Crippen LogP contribution in [-0.4, -0.2) is 21.7 Å². The third-order valence-corrected chi connectivity index (χ3v) is 4.18. The highest BCUT2D eigenvalue weighted by molar-refractivity contribution is 5.85. The van der Waals surface area contributed by atoms with Crippen LogP contribution in [0.5, 0.6) is 5.88 Å². The Hall–Kier alpha value is -3.21. The molecule has 0 N–H and O–H groups in total. The van der Waals surface area contributed by atoms with E-state index < -0.39 is 0 Å². The summed E-state index contributed by atoms with van der Waals surface area (Å²) in [5.41, 5.74) is 4.85. The molecular formula is C21H19N3O2. The molecule has 0 amide bonds. The summed E-state index contributed by atoms with van der Waals surface area (Å²) >= 11 is 0. The van der Waals surface area contributed by atoms with Gasteiger partial charge >= 0.3 is 0 Å². The van der Waals surface area contributed by atoms with Crippen LogP contribution < -0.4 is 4.74 Å². The molecule has 0 atom stereocenters. The van der Waals surface area contributed by atoms with E-state index in [1.165, 1.54) is 11.1 Å². The van der Waals surface area contributed by atoms with Gasteiger partial charge in [-0.15, -0.1) is 0 Å². The second-order valence-corrected chi connectivity index (χ2v) is 6.26. The molecule has 26 heavy (non-hydrogen) atoms. The van der Waals surface area contributed by atoms with Crippen LogP contribution in [0.4, 0.5) is 0 Å². The summed E-state index contributed by atoms with van der Waals surface area (Å²) < 4.78 is 11.2.